The molecule has 0 bridgehead atoms. The Bertz CT molecular complexity index is 187. The highest BCUT2D eigenvalue weighted by Crippen LogP contribution is 2.46. The molecule has 0 N–H and O–H groups in total. The van der Waals surface area contributed by atoms with E-state index in [0.717, 1.165) is 0 Å². The molecule has 0 spiro atoms. The summed E-state index contributed by atoms with van der Waals surface area (Å²) >= 11 is 7.92. The van der Waals surface area contributed by atoms with Gasteiger partial charge in [0.1, 0.15) is 0 Å². The third kappa shape index (κ3) is 4.95. The predicted octanol–water partition coefficient (Wildman–Crippen LogP) is 6.28. The molecule has 0 atom stereocenters. The maximum atomic E-state index is 3.96. The summed E-state index contributed by atoms with van der Waals surface area (Å²) in [6, 6.07) is 9.44. The summed E-state index contributed by atoms with van der Waals surface area (Å²) < 4.78 is 0. The van der Waals surface area contributed by atoms with Gasteiger partial charge in [-0.25, -0.2) is 0 Å². The van der Waals surface area contributed by atoms with Crippen molar-refractivity contribution >= 4 is 44.0 Å². The van der Waals surface area contributed by atoms with Crippen LogP contribution in [-0.4, -0.2) is 13.4 Å². The smallest absolute Gasteiger partial charge is 0.111 e. The molecule has 1 aliphatic heterocycles. The van der Waals surface area contributed by atoms with Crippen LogP contribution in [0.25, 0.3) is 0 Å². The number of hydrogen-bond acceptors (Lipinski definition) is 0. The van der Waals surface area contributed by atoms with Crippen LogP contribution in [-0.2, 0) is 0 Å². The maximum absolute atomic E-state index is 3.96. The Balaban J connectivity index is 2.51. The molecule has 0 saturated carbocycles. The quantitative estimate of drug-likeness (QED) is 0.372. The molecule has 0 amide bonds. The molecule has 96 valence electrons. The fourth-order valence-corrected chi connectivity index (χ4v) is 21.1. The van der Waals surface area contributed by atoms with Crippen molar-refractivity contribution in [1.82, 2.24) is 0 Å². The molecule has 4 heteroatoms. The lowest BCUT2D eigenvalue weighted by atomic mass is 10.4. The zero-order valence-corrected chi connectivity index (χ0v) is 16.0. The van der Waals surface area contributed by atoms with Gasteiger partial charge in [0.05, 0.1) is 8.07 Å². The van der Waals surface area contributed by atoms with Crippen LogP contribution in [0, 0.1) is 0 Å². The number of hydrogen-bond donors (Lipinski definition) is 0. The van der Waals surface area contributed by atoms with Gasteiger partial charge in [-0.1, -0.05) is 63.7 Å². The summed E-state index contributed by atoms with van der Waals surface area (Å²) in [5.74, 6) is 0. The van der Waals surface area contributed by atoms with Gasteiger partial charge in [0.2, 0.25) is 5.31 Å². The van der Waals surface area contributed by atoms with E-state index in [9.17, 15) is 0 Å². The molecular weight excluding hydrogens is 360 g/mol. The Kier molecular flexibility index (Phi) is 6.86. The van der Waals surface area contributed by atoms with Gasteiger partial charge in [-0.2, -0.15) is 0 Å². The standard InChI is InChI=1S/C12H26Br2Si2/c1-3-5-7-15(8-6-4-2)9-11-16(13,14)12-10-15/h3-12H2,1-2H3. The van der Waals surface area contributed by atoms with Gasteiger partial charge in [-0.15, -0.1) is 30.6 Å². The van der Waals surface area contributed by atoms with E-state index in [1.807, 2.05) is 0 Å². The van der Waals surface area contributed by atoms with E-state index in [4.69, 9.17) is 0 Å². The van der Waals surface area contributed by atoms with E-state index in [-0.39, 0.29) is 0 Å². The van der Waals surface area contributed by atoms with Crippen LogP contribution in [0.3, 0.4) is 0 Å². The fourth-order valence-electron chi connectivity index (χ4n) is 2.87. The monoisotopic (exact) mass is 384 g/mol. The summed E-state index contributed by atoms with van der Waals surface area (Å²) in [7, 11) is -0.839. The molecule has 0 aromatic heterocycles. The van der Waals surface area contributed by atoms with Crippen molar-refractivity contribution in [1.29, 1.82) is 0 Å². The van der Waals surface area contributed by atoms with Crippen LogP contribution in [0.15, 0.2) is 0 Å². The molecule has 0 nitrogen and oxygen atoms in total. The van der Waals surface area contributed by atoms with Crippen molar-refractivity contribution in [2.75, 3.05) is 0 Å². The lowest BCUT2D eigenvalue weighted by Crippen LogP contribution is -2.41. The van der Waals surface area contributed by atoms with Crippen LogP contribution < -0.4 is 0 Å². The summed E-state index contributed by atoms with van der Waals surface area (Å²) in [4.78, 5) is 0. The van der Waals surface area contributed by atoms with E-state index >= 15 is 0 Å². The highest BCUT2D eigenvalue weighted by Gasteiger charge is 2.42. The first-order valence-electron chi connectivity index (χ1n) is 6.91. The first kappa shape index (κ1) is 15.5. The number of rotatable bonds is 6. The predicted molar refractivity (Wildman–Crippen MR) is 88.0 cm³/mol. The van der Waals surface area contributed by atoms with Gasteiger partial charge in [0.15, 0.2) is 0 Å². The Morgan fingerprint density at radius 1 is 0.812 bits per heavy atom. The SMILES string of the molecule is CCCC[Si]1(CCCC)CC[Si](Br)(Br)CC1. The lowest BCUT2D eigenvalue weighted by molar-refractivity contribution is 0.811. The normalized spacial score (nSPS) is 23.2. The van der Waals surface area contributed by atoms with E-state index in [2.05, 4.69) is 44.4 Å². The van der Waals surface area contributed by atoms with Crippen molar-refractivity contribution in [3.05, 3.63) is 0 Å². The third-order valence-corrected chi connectivity index (χ3v) is 17.3. The molecule has 0 unspecified atom stereocenters. The molecule has 16 heavy (non-hydrogen) atoms. The Morgan fingerprint density at radius 2 is 1.25 bits per heavy atom. The minimum absolute atomic E-state index is 0.839. The largest absolute Gasteiger partial charge is 0.200 e. The van der Waals surface area contributed by atoms with Crippen LogP contribution in [0.5, 0.6) is 0 Å². The van der Waals surface area contributed by atoms with Gasteiger partial charge < -0.3 is 0 Å². The molecule has 1 saturated heterocycles. The summed E-state index contributed by atoms with van der Waals surface area (Å²) in [5, 5.41) is -1.10. The zero-order valence-electron chi connectivity index (χ0n) is 10.8. The number of unbranched alkanes of at least 4 members (excludes halogenated alkanes) is 2. The zero-order chi connectivity index (χ0) is 12.1. The van der Waals surface area contributed by atoms with Crippen molar-refractivity contribution in [2.45, 2.75) is 75.8 Å². The van der Waals surface area contributed by atoms with Crippen molar-refractivity contribution in [3.8, 4) is 0 Å². The minimum Gasteiger partial charge on any atom is -0.111 e. The Labute approximate surface area is 119 Å². The van der Waals surface area contributed by atoms with Crippen LogP contribution in [0.4, 0.5) is 0 Å². The number of halogens is 2. The second-order valence-electron chi connectivity index (χ2n) is 5.56. The average Bonchev–Trinajstić information content (AvgIpc) is 2.27. The van der Waals surface area contributed by atoms with Crippen molar-refractivity contribution in [3.63, 3.8) is 0 Å². The highest BCUT2D eigenvalue weighted by atomic mass is 79.9. The molecule has 1 aliphatic rings. The second-order valence-corrected chi connectivity index (χ2v) is 25.6. The van der Waals surface area contributed by atoms with E-state index in [1.165, 1.54) is 37.8 Å². The molecule has 0 radical (unpaired) electrons. The van der Waals surface area contributed by atoms with Gasteiger partial charge in [0.25, 0.3) is 0 Å². The summed E-state index contributed by atoms with van der Waals surface area (Å²) in [6.07, 6.45) is 5.78. The van der Waals surface area contributed by atoms with E-state index in [1.54, 1.807) is 24.2 Å². The van der Waals surface area contributed by atoms with Gasteiger partial charge in [0, 0.05) is 0 Å². The highest BCUT2D eigenvalue weighted by molar-refractivity contribution is 9.51. The van der Waals surface area contributed by atoms with E-state index in [0.29, 0.717) is 0 Å². The molecular formula is C12H26Br2Si2. The topological polar surface area (TPSA) is 0 Å². The lowest BCUT2D eigenvalue weighted by Gasteiger charge is -2.40. The fraction of sp³-hybridized carbons (Fsp3) is 1.00. The van der Waals surface area contributed by atoms with E-state index < -0.39 is 13.4 Å². The molecule has 1 heterocycles. The molecule has 0 aromatic carbocycles. The van der Waals surface area contributed by atoms with Gasteiger partial charge in [-0.05, 0) is 12.1 Å². The van der Waals surface area contributed by atoms with Crippen LogP contribution in [0.1, 0.15) is 39.5 Å². The van der Waals surface area contributed by atoms with Gasteiger partial charge >= 0.3 is 0 Å². The summed E-state index contributed by atoms with van der Waals surface area (Å²) in [5.41, 5.74) is 0. The van der Waals surface area contributed by atoms with Crippen LogP contribution in [0.2, 0.25) is 36.3 Å². The summed E-state index contributed by atoms with van der Waals surface area (Å²) in [6.45, 7) is 4.69. The molecule has 0 aliphatic carbocycles. The van der Waals surface area contributed by atoms with Crippen LogP contribution >= 0.6 is 30.6 Å². The maximum Gasteiger partial charge on any atom is 0.200 e. The van der Waals surface area contributed by atoms with Crippen molar-refractivity contribution < 1.29 is 0 Å². The second kappa shape index (κ2) is 7.10. The first-order chi connectivity index (χ1) is 7.54. The molecule has 1 rings (SSSR count). The molecule has 1 fully saturated rings. The average molecular weight is 386 g/mol. The Hall–Kier alpha value is 1.39. The third-order valence-electron chi connectivity index (χ3n) is 4.16. The minimum atomic E-state index is -1.10. The Morgan fingerprint density at radius 3 is 1.62 bits per heavy atom. The first-order valence-corrected chi connectivity index (χ1v) is 16.7. The van der Waals surface area contributed by atoms with Crippen molar-refractivity contribution in [2.24, 2.45) is 0 Å². The molecule has 0 aromatic rings. The van der Waals surface area contributed by atoms with Gasteiger partial charge in [-0.3, -0.25) is 0 Å².